The number of sulfone groups is 1. The van der Waals surface area contributed by atoms with Gasteiger partial charge in [0.15, 0.2) is 9.84 Å². The van der Waals surface area contributed by atoms with Gasteiger partial charge < -0.3 is 11.1 Å². The molecule has 0 fully saturated rings. The van der Waals surface area contributed by atoms with Gasteiger partial charge in [0, 0.05) is 17.5 Å². The summed E-state index contributed by atoms with van der Waals surface area (Å²) in [4.78, 5) is 12.9. The maximum atomic E-state index is 13.2. The molecule has 0 saturated heterocycles. The van der Waals surface area contributed by atoms with E-state index in [-0.39, 0.29) is 21.0 Å². The van der Waals surface area contributed by atoms with Crippen LogP contribution in [-0.4, -0.2) is 20.5 Å². The summed E-state index contributed by atoms with van der Waals surface area (Å²) in [6.45, 7) is 3.92. The number of thiophene rings is 1. The molecular formula is C21H21FN2O3S2. The van der Waals surface area contributed by atoms with Crippen LogP contribution in [-0.2, 0) is 16.3 Å². The molecule has 0 saturated carbocycles. The van der Waals surface area contributed by atoms with E-state index in [1.165, 1.54) is 24.3 Å². The highest BCUT2D eigenvalue weighted by Crippen LogP contribution is 2.42. The number of hydrogen-bond donors (Lipinski definition) is 2. The lowest BCUT2D eigenvalue weighted by molar-refractivity contribution is 0.104. The minimum absolute atomic E-state index is 0.0963. The Morgan fingerprint density at radius 1 is 1.17 bits per heavy atom. The second kappa shape index (κ2) is 7.96. The zero-order chi connectivity index (χ0) is 21.3. The van der Waals surface area contributed by atoms with Crippen molar-refractivity contribution in [1.82, 2.24) is 0 Å². The average Bonchev–Trinajstić information content (AvgIpc) is 2.99. The lowest BCUT2D eigenvalue weighted by Gasteiger charge is -2.14. The first-order valence-corrected chi connectivity index (χ1v) is 11.6. The van der Waals surface area contributed by atoms with Crippen molar-refractivity contribution in [1.29, 1.82) is 0 Å². The van der Waals surface area contributed by atoms with Gasteiger partial charge in [-0.25, -0.2) is 12.8 Å². The van der Waals surface area contributed by atoms with E-state index in [9.17, 15) is 17.6 Å². The smallest absolute Gasteiger partial charge is 0.205 e. The van der Waals surface area contributed by atoms with Crippen molar-refractivity contribution in [3.05, 3.63) is 69.8 Å². The predicted octanol–water partition coefficient (Wildman–Crippen LogP) is 4.72. The van der Waals surface area contributed by atoms with E-state index in [4.69, 9.17) is 5.73 Å². The highest BCUT2D eigenvalue weighted by Gasteiger charge is 2.28. The number of rotatable bonds is 6. The zero-order valence-corrected chi connectivity index (χ0v) is 17.9. The van der Waals surface area contributed by atoms with E-state index in [0.717, 1.165) is 40.8 Å². The lowest BCUT2D eigenvalue weighted by atomic mass is 10.1. The topological polar surface area (TPSA) is 89.3 Å². The number of halogens is 1. The number of nitrogen functional groups attached to an aromatic ring is 1. The molecule has 0 unspecified atom stereocenters. The SMILES string of the molecule is CCc1cccc(C)c1Nc1sc(C(=O)c2ccc(F)cc2)c(N)c1S(C)(=O)=O. The Hall–Kier alpha value is -2.71. The molecule has 152 valence electrons. The molecule has 0 amide bonds. The average molecular weight is 433 g/mol. The van der Waals surface area contributed by atoms with Gasteiger partial charge in [-0.1, -0.05) is 25.1 Å². The van der Waals surface area contributed by atoms with Crippen LogP contribution in [0.4, 0.5) is 20.8 Å². The fraction of sp³-hybridized carbons (Fsp3) is 0.190. The standard InChI is InChI=1S/C21H21FN2O3S2/c1-4-13-7-5-6-12(2)17(13)24-21-20(29(3,26)27)16(23)19(28-21)18(25)14-8-10-15(22)11-9-14/h5-11,24H,4,23H2,1-3H3. The van der Waals surface area contributed by atoms with Crippen LogP contribution in [0.2, 0.25) is 0 Å². The quantitative estimate of drug-likeness (QED) is 0.550. The van der Waals surface area contributed by atoms with Crippen molar-refractivity contribution in [2.24, 2.45) is 0 Å². The molecule has 2 aromatic carbocycles. The molecule has 1 heterocycles. The Bertz CT molecular complexity index is 1180. The third kappa shape index (κ3) is 4.18. The monoisotopic (exact) mass is 432 g/mol. The molecule has 0 aliphatic rings. The van der Waals surface area contributed by atoms with E-state index in [2.05, 4.69) is 5.32 Å². The third-order valence-corrected chi connectivity index (χ3v) is 6.98. The van der Waals surface area contributed by atoms with Crippen LogP contribution in [0.15, 0.2) is 47.4 Å². The number of nitrogens with two attached hydrogens (primary N) is 1. The summed E-state index contributed by atoms with van der Waals surface area (Å²) in [7, 11) is -3.71. The Morgan fingerprint density at radius 3 is 2.41 bits per heavy atom. The molecule has 3 aromatic rings. The van der Waals surface area contributed by atoms with Gasteiger partial charge in [-0.15, -0.1) is 11.3 Å². The summed E-state index contributed by atoms with van der Waals surface area (Å²) >= 11 is 0.984. The fourth-order valence-electron chi connectivity index (χ4n) is 3.10. The van der Waals surface area contributed by atoms with Crippen molar-refractivity contribution in [3.63, 3.8) is 0 Å². The van der Waals surface area contributed by atoms with E-state index in [0.29, 0.717) is 5.00 Å². The first-order chi connectivity index (χ1) is 13.6. The Kier molecular flexibility index (Phi) is 5.77. The lowest BCUT2D eigenvalue weighted by Crippen LogP contribution is -2.07. The van der Waals surface area contributed by atoms with E-state index >= 15 is 0 Å². The van der Waals surface area contributed by atoms with Gasteiger partial charge in [-0.05, 0) is 48.7 Å². The van der Waals surface area contributed by atoms with Gasteiger partial charge in [-0.3, -0.25) is 4.79 Å². The minimum atomic E-state index is -3.71. The highest BCUT2D eigenvalue weighted by atomic mass is 32.2. The number of hydrogen-bond acceptors (Lipinski definition) is 6. The Labute approximate surface area is 173 Å². The molecule has 8 heteroatoms. The van der Waals surface area contributed by atoms with Gasteiger partial charge in [0.05, 0.1) is 5.69 Å². The molecule has 1 aromatic heterocycles. The Morgan fingerprint density at radius 2 is 1.83 bits per heavy atom. The summed E-state index contributed by atoms with van der Waals surface area (Å²) in [6.07, 6.45) is 1.81. The van der Waals surface area contributed by atoms with Crippen LogP contribution in [0.1, 0.15) is 33.3 Å². The number of anilines is 3. The molecule has 0 radical (unpaired) electrons. The molecule has 5 nitrogen and oxygen atoms in total. The van der Waals surface area contributed by atoms with Crippen molar-refractivity contribution >= 4 is 43.3 Å². The van der Waals surface area contributed by atoms with E-state index < -0.39 is 21.4 Å². The number of ketones is 1. The second-order valence-corrected chi connectivity index (χ2v) is 9.67. The minimum Gasteiger partial charge on any atom is -0.396 e. The first-order valence-electron chi connectivity index (χ1n) is 8.91. The molecule has 0 spiro atoms. The van der Waals surface area contributed by atoms with Gasteiger partial charge in [0.25, 0.3) is 0 Å². The van der Waals surface area contributed by atoms with Gasteiger partial charge >= 0.3 is 0 Å². The number of para-hydroxylation sites is 1. The number of aryl methyl sites for hydroxylation is 2. The molecular weight excluding hydrogens is 411 g/mol. The molecule has 0 aliphatic heterocycles. The van der Waals surface area contributed by atoms with Crippen LogP contribution in [0.25, 0.3) is 0 Å². The summed E-state index contributed by atoms with van der Waals surface area (Å²) in [5.74, 6) is -0.919. The fourth-order valence-corrected chi connectivity index (χ4v) is 5.61. The normalized spacial score (nSPS) is 11.4. The molecule has 29 heavy (non-hydrogen) atoms. The van der Waals surface area contributed by atoms with Crippen molar-refractivity contribution < 1.29 is 17.6 Å². The molecule has 0 bridgehead atoms. The number of carbonyl (C=O) groups excluding carboxylic acids is 1. The largest absolute Gasteiger partial charge is 0.396 e. The zero-order valence-electron chi connectivity index (χ0n) is 16.2. The molecule has 3 rings (SSSR count). The summed E-state index contributed by atoms with van der Waals surface area (Å²) in [6, 6.07) is 10.9. The number of carbonyl (C=O) groups is 1. The Balaban J connectivity index is 2.15. The van der Waals surface area contributed by atoms with Crippen molar-refractivity contribution in [2.45, 2.75) is 25.2 Å². The molecule has 0 aliphatic carbocycles. The van der Waals surface area contributed by atoms with E-state index in [1.54, 1.807) is 0 Å². The van der Waals surface area contributed by atoms with Crippen LogP contribution in [0.5, 0.6) is 0 Å². The van der Waals surface area contributed by atoms with Crippen molar-refractivity contribution in [2.75, 3.05) is 17.3 Å². The highest BCUT2D eigenvalue weighted by molar-refractivity contribution is 7.91. The summed E-state index contributed by atoms with van der Waals surface area (Å²) in [5.41, 5.74) is 9.01. The van der Waals surface area contributed by atoms with Gasteiger partial charge in [0.1, 0.15) is 20.6 Å². The maximum absolute atomic E-state index is 13.2. The number of benzene rings is 2. The second-order valence-electron chi connectivity index (χ2n) is 6.70. The first kappa shape index (κ1) is 21.0. The van der Waals surface area contributed by atoms with Crippen LogP contribution >= 0.6 is 11.3 Å². The number of nitrogens with one attached hydrogen (secondary N) is 1. The van der Waals surface area contributed by atoms with Crippen LogP contribution < -0.4 is 11.1 Å². The maximum Gasteiger partial charge on any atom is 0.205 e. The third-order valence-electron chi connectivity index (χ3n) is 4.56. The van der Waals surface area contributed by atoms with Gasteiger partial charge in [-0.2, -0.15) is 0 Å². The van der Waals surface area contributed by atoms with Crippen LogP contribution in [0.3, 0.4) is 0 Å². The van der Waals surface area contributed by atoms with Crippen LogP contribution in [0, 0.1) is 12.7 Å². The van der Waals surface area contributed by atoms with Crippen molar-refractivity contribution in [3.8, 4) is 0 Å². The molecule has 3 N–H and O–H groups in total. The van der Waals surface area contributed by atoms with E-state index in [1.807, 2.05) is 32.0 Å². The predicted molar refractivity (Wildman–Crippen MR) is 116 cm³/mol. The summed E-state index contributed by atoms with van der Waals surface area (Å²) < 4.78 is 38.1. The molecule has 0 atom stereocenters. The summed E-state index contributed by atoms with van der Waals surface area (Å²) in [5, 5.41) is 3.48. The van der Waals surface area contributed by atoms with Gasteiger partial charge in [0.2, 0.25) is 5.78 Å².